The molecule has 38 heavy (non-hydrogen) atoms. The molecule has 1 fully saturated rings. The zero-order chi connectivity index (χ0) is 26.9. The standard InChI is InChI=1S/C29H23NO8/c1-13-9-21(32)24-20(26(13)33)11-19-17(25(24)22-8-5-16(12-31)38-22)6-7-18-23(19)28(35)30(27(18)34)15-4-2-3-14(10-15)29(36)37/h2-6,8-10,18-19,23,25,31H,7,11-12H2,1H3,(H,36,37). The van der Waals surface area contributed by atoms with Crippen LogP contribution in [0.3, 0.4) is 0 Å². The van der Waals surface area contributed by atoms with Crippen LogP contribution in [0, 0.1) is 17.8 Å². The Morgan fingerprint density at radius 2 is 1.87 bits per heavy atom. The molecule has 6 rings (SSSR count). The Balaban J connectivity index is 1.46. The maximum atomic E-state index is 13.8. The predicted molar refractivity (Wildman–Crippen MR) is 132 cm³/mol. The zero-order valence-electron chi connectivity index (χ0n) is 20.3. The van der Waals surface area contributed by atoms with Crippen molar-refractivity contribution < 1.29 is 38.6 Å². The Labute approximate surface area is 216 Å². The van der Waals surface area contributed by atoms with E-state index >= 15 is 0 Å². The van der Waals surface area contributed by atoms with Crippen molar-refractivity contribution in [1.82, 2.24) is 0 Å². The van der Waals surface area contributed by atoms with E-state index < -0.39 is 41.5 Å². The van der Waals surface area contributed by atoms with Crippen molar-refractivity contribution in [2.45, 2.75) is 32.3 Å². The number of furan rings is 1. The predicted octanol–water partition coefficient (Wildman–Crippen LogP) is 3.10. The number of anilines is 1. The molecule has 1 aromatic carbocycles. The molecule has 4 unspecified atom stereocenters. The summed E-state index contributed by atoms with van der Waals surface area (Å²) in [4.78, 5) is 66.3. The number of imide groups is 1. The van der Waals surface area contributed by atoms with Crippen LogP contribution in [0.15, 0.2) is 75.3 Å². The molecule has 0 bridgehead atoms. The lowest BCUT2D eigenvalue weighted by molar-refractivity contribution is -0.123. The monoisotopic (exact) mass is 513 g/mol. The van der Waals surface area contributed by atoms with Crippen LogP contribution in [0.2, 0.25) is 0 Å². The number of aliphatic hydroxyl groups excluding tert-OH is 1. The van der Waals surface area contributed by atoms with E-state index in [9.17, 15) is 34.2 Å². The number of carbonyl (C=O) groups excluding carboxylic acids is 4. The molecule has 9 nitrogen and oxygen atoms in total. The first-order valence-corrected chi connectivity index (χ1v) is 12.3. The Bertz CT molecular complexity index is 1550. The Morgan fingerprint density at radius 1 is 1.08 bits per heavy atom. The fraction of sp³-hybridized carbons (Fsp3) is 0.276. The molecule has 2 heterocycles. The number of aromatic carboxylic acids is 1. The van der Waals surface area contributed by atoms with Crippen LogP contribution in [-0.2, 0) is 25.8 Å². The summed E-state index contributed by atoms with van der Waals surface area (Å²) in [5, 5.41) is 18.9. The summed E-state index contributed by atoms with van der Waals surface area (Å²) < 4.78 is 5.84. The number of benzene rings is 1. The molecular weight excluding hydrogens is 490 g/mol. The number of ketones is 2. The van der Waals surface area contributed by atoms with Crippen molar-refractivity contribution in [3.8, 4) is 0 Å². The number of Topliss-reactive ketones (excluding diaryl/α,β-unsaturated/α-hetero) is 1. The van der Waals surface area contributed by atoms with Gasteiger partial charge >= 0.3 is 5.97 Å². The fourth-order valence-corrected chi connectivity index (χ4v) is 6.38. The number of hydrogen-bond acceptors (Lipinski definition) is 7. The second kappa shape index (κ2) is 8.59. The lowest BCUT2D eigenvalue weighted by atomic mass is 9.60. The number of carbonyl (C=O) groups is 5. The number of aliphatic hydroxyl groups is 1. The normalized spacial score (nSPS) is 26.6. The minimum Gasteiger partial charge on any atom is -0.478 e. The van der Waals surface area contributed by atoms with Gasteiger partial charge < -0.3 is 14.6 Å². The van der Waals surface area contributed by atoms with Crippen molar-refractivity contribution in [2.75, 3.05) is 4.90 Å². The Hall–Kier alpha value is -4.37. The molecular formula is C29H23NO8. The highest BCUT2D eigenvalue weighted by Gasteiger charge is 2.57. The summed E-state index contributed by atoms with van der Waals surface area (Å²) in [5.74, 6) is -4.66. The molecule has 2 aromatic rings. The number of fused-ring (bicyclic) bond motifs is 3. The Kier molecular flexibility index (Phi) is 5.43. The summed E-state index contributed by atoms with van der Waals surface area (Å²) in [7, 11) is 0. The highest BCUT2D eigenvalue weighted by molar-refractivity contribution is 6.25. The van der Waals surface area contributed by atoms with Crippen LogP contribution < -0.4 is 4.90 Å². The van der Waals surface area contributed by atoms with E-state index in [1.807, 2.05) is 6.08 Å². The van der Waals surface area contributed by atoms with E-state index in [4.69, 9.17) is 4.42 Å². The van der Waals surface area contributed by atoms with Crippen LogP contribution in [-0.4, -0.2) is 39.6 Å². The third kappa shape index (κ3) is 3.39. The lowest BCUT2D eigenvalue weighted by Gasteiger charge is -2.41. The molecule has 1 saturated heterocycles. The second-order valence-corrected chi connectivity index (χ2v) is 10.1. The molecule has 3 aliphatic carbocycles. The van der Waals surface area contributed by atoms with Gasteiger partial charge in [0, 0.05) is 16.7 Å². The fourth-order valence-electron chi connectivity index (χ4n) is 6.38. The van der Waals surface area contributed by atoms with Crippen LogP contribution in [0.1, 0.15) is 47.6 Å². The smallest absolute Gasteiger partial charge is 0.335 e. The number of allylic oxidation sites excluding steroid dienone is 6. The summed E-state index contributed by atoms with van der Waals surface area (Å²) >= 11 is 0. The Morgan fingerprint density at radius 3 is 2.58 bits per heavy atom. The molecule has 2 amide bonds. The van der Waals surface area contributed by atoms with Gasteiger partial charge in [-0.1, -0.05) is 17.7 Å². The average Bonchev–Trinajstić information content (AvgIpc) is 3.48. The first-order valence-electron chi connectivity index (χ1n) is 12.3. The number of rotatable bonds is 4. The first kappa shape index (κ1) is 24.0. The molecule has 9 heteroatoms. The number of amides is 2. The third-order valence-electron chi connectivity index (χ3n) is 8.04. The summed E-state index contributed by atoms with van der Waals surface area (Å²) in [6.45, 7) is 1.24. The minimum absolute atomic E-state index is 0.0459. The zero-order valence-corrected chi connectivity index (χ0v) is 20.3. The number of nitrogens with zero attached hydrogens (tertiary/aromatic N) is 1. The highest BCUT2D eigenvalue weighted by atomic mass is 16.4. The van der Waals surface area contributed by atoms with Gasteiger partial charge in [0.2, 0.25) is 11.8 Å². The van der Waals surface area contributed by atoms with Crippen molar-refractivity contribution in [3.05, 3.63) is 87.9 Å². The average molecular weight is 514 g/mol. The topological polar surface area (TPSA) is 142 Å². The van der Waals surface area contributed by atoms with Gasteiger partial charge in [-0.3, -0.25) is 24.1 Å². The van der Waals surface area contributed by atoms with Crippen LogP contribution in [0.5, 0.6) is 0 Å². The van der Waals surface area contributed by atoms with Gasteiger partial charge in [-0.15, -0.1) is 0 Å². The van der Waals surface area contributed by atoms with Crippen molar-refractivity contribution in [3.63, 3.8) is 0 Å². The van der Waals surface area contributed by atoms with Crippen molar-refractivity contribution in [2.24, 2.45) is 17.8 Å². The molecule has 2 N–H and O–H groups in total. The summed E-state index contributed by atoms with van der Waals surface area (Å²) in [5.41, 5.74) is 1.81. The number of carboxylic acids is 1. The molecule has 0 saturated carbocycles. The van der Waals surface area contributed by atoms with Gasteiger partial charge in [0.1, 0.15) is 18.1 Å². The van der Waals surface area contributed by atoms with Gasteiger partial charge in [-0.05, 0) is 62.1 Å². The lowest BCUT2D eigenvalue weighted by Crippen LogP contribution is -2.39. The quantitative estimate of drug-likeness (QED) is 0.361. The minimum atomic E-state index is -1.17. The maximum absolute atomic E-state index is 13.8. The molecule has 4 aliphatic rings. The van der Waals surface area contributed by atoms with Gasteiger partial charge in [0.25, 0.3) is 0 Å². The van der Waals surface area contributed by atoms with E-state index in [1.165, 1.54) is 30.3 Å². The van der Waals surface area contributed by atoms with Crippen molar-refractivity contribution >= 4 is 35.0 Å². The van der Waals surface area contributed by atoms with Crippen LogP contribution in [0.4, 0.5) is 5.69 Å². The third-order valence-corrected chi connectivity index (χ3v) is 8.04. The molecule has 1 aromatic heterocycles. The van der Waals surface area contributed by atoms with Gasteiger partial charge in [-0.2, -0.15) is 0 Å². The molecule has 192 valence electrons. The number of hydrogen-bond donors (Lipinski definition) is 2. The van der Waals surface area contributed by atoms with E-state index in [1.54, 1.807) is 19.1 Å². The first-order chi connectivity index (χ1) is 18.2. The van der Waals surface area contributed by atoms with Gasteiger partial charge in [0.15, 0.2) is 11.6 Å². The van der Waals surface area contributed by atoms with Crippen molar-refractivity contribution in [1.29, 1.82) is 0 Å². The van der Waals surface area contributed by atoms with Gasteiger partial charge in [-0.25, -0.2) is 4.79 Å². The van der Waals surface area contributed by atoms with Crippen LogP contribution >= 0.6 is 0 Å². The van der Waals surface area contributed by atoms with E-state index in [0.29, 0.717) is 28.2 Å². The SMILES string of the molecule is CC1=CC(=O)C2=C(CC3C(=CCC4C(=O)N(c5cccc(C(=O)O)c5)C(=O)C43)C2c2ccc(CO)o2)C1=O. The summed E-state index contributed by atoms with van der Waals surface area (Å²) in [6.07, 6.45) is 3.56. The molecule has 1 aliphatic heterocycles. The largest absolute Gasteiger partial charge is 0.478 e. The molecule has 0 radical (unpaired) electrons. The molecule has 0 spiro atoms. The second-order valence-electron chi connectivity index (χ2n) is 10.1. The highest BCUT2D eigenvalue weighted by Crippen LogP contribution is 2.55. The van der Waals surface area contributed by atoms with E-state index in [-0.39, 0.29) is 42.3 Å². The van der Waals surface area contributed by atoms with Crippen LogP contribution in [0.25, 0.3) is 0 Å². The van der Waals surface area contributed by atoms with E-state index in [0.717, 1.165) is 10.5 Å². The maximum Gasteiger partial charge on any atom is 0.335 e. The molecule has 4 atom stereocenters. The number of carboxylic acid groups (broad SMARTS) is 1. The van der Waals surface area contributed by atoms with E-state index in [2.05, 4.69) is 0 Å². The van der Waals surface area contributed by atoms with Gasteiger partial charge in [0.05, 0.1) is 29.0 Å². The summed E-state index contributed by atoms with van der Waals surface area (Å²) in [6, 6.07) is 8.94.